The third-order valence-corrected chi connectivity index (χ3v) is 4.54. The highest BCUT2D eigenvalue weighted by molar-refractivity contribution is 4.90. The van der Waals surface area contributed by atoms with Crippen molar-refractivity contribution in [2.24, 2.45) is 5.73 Å². The van der Waals surface area contributed by atoms with Gasteiger partial charge in [0.15, 0.2) is 0 Å². The Morgan fingerprint density at radius 3 is 2.07 bits per heavy atom. The first-order chi connectivity index (χ1) is 7.22. The van der Waals surface area contributed by atoms with Crippen molar-refractivity contribution in [1.29, 1.82) is 0 Å². The molecule has 88 valence electrons. The number of rotatable bonds is 2. The van der Waals surface area contributed by atoms with Crippen molar-refractivity contribution >= 4 is 0 Å². The quantitative estimate of drug-likeness (QED) is 0.710. The van der Waals surface area contributed by atoms with Crippen LogP contribution in [-0.2, 0) is 0 Å². The molecule has 0 spiro atoms. The average molecular weight is 210 g/mol. The normalized spacial score (nSPS) is 28.2. The molecular weight excluding hydrogens is 184 g/mol. The SMILES string of the molecule is CN(C1CCCCC1)C1(N)CCCCC1. The standard InChI is InChI=1S/C13H26N2/c1-15(12-8-4-2-5-9-12)13(14)10-6-3-7-11-13/h12H,2-11,14H2,1H3. The molecule has 2 saturated carbocycles. The van der Waals surface area contributed by atoms with E-state index >= 15 is 0 Å². The minimum absolute atomic E-state index is 0.0280. The lowest BCUT2D eigenvalue weighted by molar-refractivity contribution is 0.0269. The van der Waals surface area contributed by atoms with Gasteiger partial charge in [-0.1, -0.05) is 38.5 Å². The van der Waals surface area contributed by atoms with Gasteiger partial charge in [-0.3, -0.25) is 4.90 Å². The highest BCUT2D eigenvalue weighted by Crippen LogP contribution is 2.33. The minimum Gasteiger partial charge on any atom is -0.313 e. The van der Waals surface area contributed by atoms with Gasteiger partial charge >= 0.3 is 0 Å². The van der Waals surface area contributed by atoms with E-state index in [-0.39, 0.29) is 5.66 Å². The van der Waals surface area contributed by atoms with Gasteiger partial charge in [0, 0.05) is 6.04 Å². The Hall–Kier alpha value is -0.0800. The summed E-state index contributed by atoms with van der Waals surface area (Å²) in [6.45, 7) is 0. The second-order valence-corrected chi connectivity index (χ2v) is 5.57. The van der Waals surface area contributed by atoms with E-state index in [0.717, 1.165) is 6.04 Å². The van der Waals surface area contributed by atoms with Crippen LogP contribution in [0.3, 0.4) is 0 Å². The van der Waals surface area contributed by atoms with Crippen molar-refractivity contribution in [1.82, 2.24) is 4.90 Å². The number of hydrogen-bond donors (Lipinski definition) is 1. The van der Waals surface area contributed by atoms with Crippen molar-refractivity contribution < 1.29 is 0 Å². The van der Waals surface area contributed by atoms with Gasteiger partial charge in [0.2, 0.25) is 0 Å². The van der Waals surface area contributed by atoms with Crippen molar-refractivity contribution in [3.8, 4) is 0 Å². The van der Waals surface area contributed by atoms with Crippen molar-refractivity contribution in [2.75, 3.05) is 7.05 Å². The highest BCUT2D eigenvalue weighted by atomic mass is 15.3. The fourth-order valence-corrected chi connectivity index (χ4v) is 3.35. The van der Waals surface area contributed by atoms with E-state index in [0.29, 0.717) is 0 Å². The van der Waals surface area contributed by atoms with Crippen LogP contribution in [0.1, 0.15) is 64.2 Å². The molecule has 2 nitrogen and oxygen atoms in total. The Morgan fingerprint density at radius 1 is 0.933 bits per heavy atom. The zero-order valence-electron chi connectivity index (χ0n) is 10.2. The molecule has 0 aromatic carbocycles. The number of nitrogens with zero attached hydrogens (tertiary/aromatic N) is 1. The largest absolute Gasteiger partial charge is 0.313 e. The Morgan fingerprint density at radius 2 is 1.47 bits per heavy atom. The summed E-state index contributed by atoms with van der Waals surface area (Å²) in [6, 6.07) is 0.766. The summed E-state index contributed by atoms with van der Waals surface area (Å²) in [6.07, 6.45) is 13.4. The van der Waals surface area contributed by atoms with Crippen molar-refractivity contribution in [3.05, 3.63) is 0 Å². The topological polar surface area (TPSA) is 29.3 Å². The molecule has 0 heterocycles. The molecule has 0 unspecified atom stereocenters. The first-order valence-corrected chi connectivity index (χ1v) is 6.74. The van der Waals surface area contributed by atoms with Gasteiger partial charge in [-0.25, -0.2) is 0 Å². The van der Waals surface area contributed by atoms with E-state index in [1.807, 2.05) is 0 Å². The summed E-state index contributed by atoms with van der Waals surface area (Å²) < 4.78 is 0. The van der Waals surface area contributed by atoms with Crippen LogP contribution in [0.4, 0.5) is 0 Å². The van der Waals surface area contributed by atoms with E-state index < -0.39 is 0 Å². The lowest BCUT2D eigenvalue weighted by Crippen LogP contribution is -2.59. The van der Waals surface area contributed by atoms with E-state index in [9.17, 15) is 0 Å². The molecule has 2 fully saturated rings. The summed E-state index contributed by atoms with van der Waals surface area (Å²) in [5.41, 5.74) is 6.59. The first-order valence-electron chi connectivity index (χ1n) is 6.74. The molecule has 0 bridgehead atoms. The Labute approximate surface area is 94.2 Å². The average Bonchev–Trinajstić information content (AvgIpc) is 2.30. The van der Waals surface area contributed by atoms with E-state index in [1.54, 1.807) is 0 Å². The summed E-state index contributed by atoms with van der Waals surface area (Å²) >= 11 is 0. The van der Waals surface area contributed by atoms with Crippen LogP contribution >= 0.6 is 0 Å². The monoisotopic (exact) mass is 210 g/mol. The number of nitrogens with two attached hydrogens (primary N) is 1. The fourth-order valence-electron chi connectivity index (χ4n) is 3.35. The van der Waals surface area contributed by atoms with Gasteiger partial charge < -0.3 is 5.73 Å². The van der Waals surface area contributed by atoms with Crippen LogP contribution in [-0.4, -0.2) is 23.7 Å². The minimum atomic E-state index is 0.0280. The molecule has 2 aliphatic rings. The zero-order valence-corrected chi connectivity index (χ0v) is 10.2. The maximum Gasteiger partial charge on any atom is 0.0687 e. The summed E-state index contributed by atoms with van der Waals surface area (Å²) in [7, 11) is 2.27. The molecule has 0 aromatic heterocycles. The second kappa shape index (κ2) is 4.84. The van der Waals surface area contributed by atoms with Gasteiger partial charge in [0.25, 0.3) is 0 Å². The molecular formula is C13H26N2. The molecule has 0 radical (unpaired) electrons. The smallest absolute Gasteiger partial charge is 0.0687 e. The van der Waals surface area contributed by atoms with Crippen LogP contribution in [0.5, 0.6) is 0 Å². The molecule has 0 aliphatic heterocycles. The van der Waals surface area contributed by atoms with Gasteiger partial charge in [-0.15, -0.1) is 0 Å². The first kappa shape index (κ1) is 11.4. The lowest BCUT2D eigenvalue weighted by atomic mass is 9.85. The van der Waals surface area contributed by atoms with Gasteiger partial charge in [0.05, 0.1) is 5.66 Å². The highest BCUT2D eigenvalue weighted by Gasteiger charge is 2.35. The maximum absolute atomic E-state index is 6.56. The fraction of sp³-hybridized carbons (Fsp3) is 1.00. The van der Waals surface area contributed by atoms with E-state index in [1.165, 1.54) is 64.2 Å². The zero-order chi connectivity index (χ0) is 10.7. The van der Waals surface area contributed by atoms with Crippen molar-refractivity contribution in [3.63, 3.8) is 0 Å². The molecule has 15 heavy (non-hydrogen) atoms. The van der Waals surface area contributed by atoms with E-state index in [2.05, 4.69) is 11.9 Å². The summed E-state index contributed by atoms with van der Waals surface area (Å²) in [4.78, 5) is 2.52. The Bertz CT molecular complexity index is 191. The molecule has 0 amide bonds. The maximum atomic E-state index is 6.56. The second-order valence-electron chi connectivity index (χ2n) is 5.57. The van der Waals surface area contributed by atoms with Gasteiger partial charge in [-0.2, -0.15) is 0 Å². The predicted molar refractivity (Wildman–Crippen MR) is 64.6 cm³/mol. The van der Waals surface area contributed by atoms with Gasteiger partial charge in [-0.05, 0) is 32.7 Å². The van der Waals surface area contributed by atoms with Crippen LogP contribution < -0.4 is 5.73 Å². The van der Waals surface area contributed by atoms with Crippen LogP contribution in [0.15, 0.2) is 0 Å². The van der Waals surface area contributed by atoms with E-state index in [4.69, 9.17) is 5.73 Å². The molecule has 2 aliphatic carbocycles. The lowest BCUT2D eigenvalue weighted by Gasteiger charge is -2.46. The number of hydrogen-bond acceptors (Lipinski definition) is 2. The molecule has 2 N–H and O–H groups in total. The third-order valence-electron chi connectivity index (χ3n) is 4.54. The molecule has 0 atom stereocenters. The Balaban J connectivity index is 1.94. The van der Waals surface area contributed by atoms with Crippen molar-refractivity contribution in [2.45, 2.75) is 75.9 Å². The summed E-state index contributed by atoms with van der Waals surface area (Å²) in [5, 5.41) is 0. The predicted octanol–water partition coefficient (Wildman–Crippen LogP) is 2.87. The van der Waals surface area contributed by atoms with Crippen LogP contribution in [0, 0.1) is 0 Å². The summed E-state index contributed by atoms with van der Waals surface area (Å²) in [5.74, 6) is 0. The molecule has 0 aromatic rings. The van der Waals surface area contributed by atoms with Crippen LogP contribution in [0.25, 0.3) is 0 Å². The molecule has 0 saturated heterocycles. The third kappa shape index (κ3) is 2.54. The Kier molecular flexibility index (Phi) is 3.68. The van der Waals surface area contributed by atoms with Gasteiger partial charge in [0.1, 0.15) is 0 Å². The molecule has 2 rings (SSSR count). The van der Waals surface area contributed by atoms with Crippen LogP contribution in [0.2, 0.25) is 0 Å². The molecule has 2 heteroatoms.